The molecule has 82 valence electrons. The molecule has 0 atom stereocenters. The number of benzene rings is 1. The number of carbonyl (C=O) groups excluding carboxylic acids is 1. The highest BCUT2D eigenvalue weighted by Gasteiger charge is 2.50. The maximum Gasteiger partial charge on any atom is 0.284 e. The molecule has 1 aromatic rings. The summed E-state index contributed by atoms with van der Waals surface area (Å²) < 4.78 is 0. The van der Waals surface area contributed by atoms with Crippen molar-refractivity contribution in [2.24, 2.45) is 0 Å². The molecule has 0 bridgehead atoms. The summed E-state index contributed by atoms with van der Waals surface area (Å²) in [6, 6.07) is 7.37. The Balaban J connectivity index is 3.06. The van der Waals surface area contributed by atoms with E-state index in [1.165, 1.54) is 24.3 Å². The summed E-state index contributed by atoms with van der Waals surface area (Å²) in [5, 5.41) is 36.6. The van der Waals surface area contributed by atoms with Gasteiger partial charge in [-0.1, -0.05) is 30.3 Å². The van der Waals surface area contributed by atoms with Crippen molar-refractivity contribution >= 4 is 5.78 Å². The SMILES string of the molecule is CC(O)(O)C(O)(O)C(=O)c1ccccc1. The average Bonchev–Trinajstić information content (AvgIpc) is 2.16. The van der Waals surface area contributed by atoms with Gasteiger partial charge < -0.3 is 20.4 Å². The first-order chi connectivity index (χ1) is 6.77. The Morgan fingerprint density at radius 3 is 1.93 bits per heavy atom. The van der Waals surface area contributed by atoms with Gasteiger partial charge in [-0.05, 0) is 6.92 Å². The molecule has 5 nitrogen and oxygen atoms in total. The van der Waals surface area contributed by atoms with E-state index in [1.807, 2.05) is 0 Å². The summed E-state index contributed by atoms with van der Waals surface area (Å²) in [5.41, 5.74) is -0.0168. The van der Waals surface area contributed by atoms with Crippen LogP contribution in [0.2, 0.25) is 0 Å². The van der Waals surface area contributed by atoms with Gasteiger partial charge in [0, 0.05) is 5.56 Å². The van der Waals surface area contributed by atoms with Crippen LogP contribution in [-0.2, 0) is 0 Å². The van der Waals surface area contributed by atoms with E-state index in [9.17, 15) is 15.0 Å². The minimum absolute atomic E-state index is 0.0168. The fourth-order valence-corrected chi connectivity index (χ4v) is 1.01. The quantitative estimate of drug-likeness (QED) is 0.390. The molecule has 0 saturated carbocycles. The predicted molar refractivity (Wildman–Crippen MR) is 50.8 cm³/mol. The normalized spacial score (nSPS) is 12.6. The van der Waals surface area contributed by atoms with Crippen LogP contribution in [0, 0.1) is 0 Å². The van der Waals surface area contributed by atoms with Crippen LogP contribution in [0.4, 0.5) is 0 Å². The van der Waals surface area contributed by atoms with Gasteiger partial charge in [0.2, 0.25) is 11.6 Å². The molecule has 0 aliphatic rings. The van der Waals surface area contributed by atoms with Crippen LogP contribution < -0.4 is 0 Å². The van der Waals surface area contributed by atoms with Crippen LogP contribution >= 0.6 is 0 Å². The minimum Gasteiger partial charge on any atom is -0.361 e. The molecule has 0 aliphatic heterocycles. The van der Waals surface area contributed by atoms with Crippen molar-refractivity contribution < 1.29 is 25.2 Å². The van der Waals surface area contributed by atoms with E-state index in [0.717, 1.165) is 0 Å². The minimum atomic E-state index is -3.23. The van der Waals surface area contributed by atoms with Crippen molar-refractivity contribution in [3.05, 3.63) is 35.9 Å². The zero-order chi connectivity index (χ0) is 11.7. The molecule has 4 N–H and O–H groups in total. The fourth-order valence-electron chi connectivity index (χ4n) is 1.01. The zero-order valence-corrected chi connectivity index (χ0v) is 8.08. The molecule has 0 unspecified atom stereocenters. The lowest BCUT2D eigenvalue weighted by Gasteiger charge is -2.30. The van der Waals surface area contributed by atoms with Gasteiger partial charge in [0.1, 0.15) is 0 Å². The van der Waals surface area contributed by atoms with Crippen molar-refractivity contribution in [1.82, 2.24) is 0 Å². The predicted octanol–water partition coefficient (Wildman–Crippen LogP) is -0.749. The standard InChI is InChI=1S/C10H12O5/c1-9(12,13)10(14,15)8(11)7-5-3-2-4-6-7/h2-6,12-15H,1H3. The van der Waals surface area contributed by atoms with Gasteiger partial charge in [-0.25, -0.2) is 0 Å². The van der Waals surface area contributed by atoms with Crippen molar-refractivity contribution in [1.29, 1.82) is 0 Å². The molecule has 0 spiro atoms. The first kappa shape index (κ1) is 11.8. The molecular formula is C10H12O5. The van der Waals surface area contributed by atoms with E-state index in [0.29, 0.717) is 6.92 Å². The molecule has 0 fully saturated rings. The topological polar surface area (TPSA) is 98.0 Å². The molecule has 0 amide bonds. The van der Waals surface area contributed by atoms with E-state index >= 15 is 0 Å². The highest BCUT2D eigenvalue weighted by Crippen LogP contribution is 2.21. The summed E-state index contributed by atoms with van der Waals surface area (Å²) >= 11 is 0. The number of ketones is 1. The zero-order valence-electron chi connectivity index (χ0n) is 8.08. The molecule has 0 saturated heterocycles. The lowest BCUT2D eigenvalue weighted by Crippen LogP contribution is -2.57. The lowest BCUT2D eigenvalue weighted by atomic mass is 9.97. The van der Waals surface area contributed by atoms with Crippen LogP contribution in [0.5, 0.6) is 0 Å². The number of rotatable bonds is 3. The number of hydrogen-bond donors (Lipinski definition) is 4. The lowest BCUT2D eigenvalue weighted by molar-refractivity contribution is -0.318. The Kier molecular flexibility index (Phi) is 2.92. The summed E-state index contributed by atoms with van der Waals surface area (Å²) in [6.45, 7) is 0.716. The second kappa shape index (κ2) is 3.71. The Labute approximate surface area is 86.2 Å². The van der Waals surface area contributed by atoms with Crippen LogP contribution in [0.15, 0.2) is 30.3 Å². The second-order valence-electron chi connectivity index (χ2n) is 3.39. The molecule has 1 aromatic carbocycles. The first-order valence-electron chi connectivity index (χ1n) is 4.26. The van der Waals surface area contributed by atoms with Gasteiger partial charge in [0.25, 0.3) is 5.79 Å². The largest absolute Gasteiger partial charge is 0.361 e. The molecule has 0 radical (unpaired) electrons. The van der Waals surface area contributed by atoms with Crippen molar-refractivity contribution in [2.75, 3.05) is 0 Å². The van der Waals surface area contributed by atoms with Gasteiger partial charge in [0.15, 0.2) is 0 Å². The van der Waals surface area contributed by atoms with Crippen LogP contribution in [0.25, 0.3) is 0 Å². The van der Waals surface area contributed by atoms with E-state index in [-0.39, 0.29) is 5.56 Å². The van der Waals surface area contributed by atoms with Crippen LogP contribution in [0.1, 0.15) is 17.3 Å². The third kappa shape index (κ3) is 2.21. The van der Waals surface area contributed by atoms with Gasteiger partial charge in [-0.15, -0.1) is 0 Å². The Bertz CT molecular complexity index is 350. The summed E-state index contributed by atoms with van der Waals surface area (Å²) in [6.07, 6.45) is 0. The summed E-state index contributed by atoms with van der Waals surface area (Å²) in [7, 11) is 0. The maximum absolute atomic E-state index is 11.5. The second-order valence-corrected chi connectivity index (χ2v) is 3.39. The van der Waals surface area contributed by atoms with Crippen molar-refractivity contribution in [3.8, 4) is 0 Å². The highest BCUT2D eigenvalue weighted by atomic mass is 16.6. The summed E-state index contributed by atoms with van der Waals surface area (Å²) in [4.78, 5) is 11.5. The van der Waals surface area contributed by atoms with E-state index < -0.39 is 17.4 Å². The van der Waals surface area contributed by atoms with Crippen LogP contribution in [0.3, 0.4) is 0 Å². The monoisotopic (exact) mass is 212 g/mol. The first-order valence-corrected chi connectivity index (χ1v) is 4.26. The average molecular weight is 212 g/mol. The number of aliphatic hydroxyl groups is 4. The fraction of sp³-hybridized carbons (Fsp3) is 0.300. The third-order valence-electron chi connectivity index (χ3n) is 2.01. The third-order valence-corrected chi connectivity index (χ3v) is 2.01. The molecule has 0 heterocycles. The van der Waals surface area contributed by atoms with E-state index in [1.54, 1.807) is 6.07 Å². The van der Waals surface area contributed by atoms with Gasteiger partial charge >= 0.3 is 0 Å². The molecular weight excluding hydrogens is 200 g/mol. The van der Waals surface area contributed by atoms with Crippen molar-refractivity contribution in [3.63, 3.8) is 0 Å². The van der Waals surface area contributed by atoms with Gasteiger partial charge in [-0.2, -0.15) is 0 Å². The smallest absolute Gasteiger partial charge is 0.284 e. The molecule has 1 rings (SSSR count). The van der Waals surface area contributed by atoms with E-state index in [4.69, 9.17) is 10.2 Å². The highest BCUT2D eigenvalue weighted by molar-refractivity contribution is 6.01. The molecule has 15 heavy (non-hydrogen) atoms. The maximum atomic E-state index is 11.5. The van der Waals surface area contributed by atoms with Gasteiger partial charge in [-0.3, -0.25) is 4.79 Å². The van der Waals surface area contributed by atoms with E-state index in [2.05, 4.69) is 0 Å². The summed E-state index contributed by atoms with van der Waals surface area (Å²) in [5.74, 6) is -7.32. The molecule has 0 aromatic heterocycles. The number of hydrogen-bond acceptors (Lipinski definition) is 5. The van der Waals surface area contributed by atoms with Gasteiger partial charge in [0.05, 0.1) is 0 Å². The Hall–Kier alpha value is -1.27. The Morgan fingerprint density at radius 1 is 1.07 bits per heavy atom. The van der Waals surface area contributed by atoms with Crippen LogP contribution in [-0.4, -0.2) is 37.8 Å². The number of Topliss-reactive ketones (excluding diaryl/α,β-unsaturated/α-hetero) is 1. The number of carbonyl (C=O) groups is 1. The Morgan fingerprint density at radius 2 is 1.53 bits per heavy atom. The molecule has 0 aliphatic carbocycles. The van der Waals surface area contributed by atoms with Crippen molar-refractivity contribution in [2.45, 2.75) is 18.5 Å². The molecule has 5 heteroatoms.